The van der Waals surface area contributed by atoms with Crippen molar-refractivity contribution in [3.63, 3.8) is 0 Å². The van der Waals surface area contributed by atoms with Gasteiger partial charge in [-0.2, -0.15) is 0 Å². The Bertz CT molecular complexity index is 1190. The van der Waals surface area contributed by atoms with E-state index in [2.05, 4.69) is 17.1 Å². The van der Waals surface area contributed by atoms with Crippen LogP contribution in [0.1, 0.15) is 22.5 Å². The molecular weight excluding hydrogens is 414 g/mol. The van der Waals surface area contributed by atoms with Gasteiger partial charge in [0, 0.05) is 37.6 Å². The SMILES string of the molecule is O=C(c1nccc2ccccc12)N1CCO[C@@]2(CC=CCN(CCc3ccccc3)C2=O)C1. The van der Waals surface area contributed by atoms with Gasteiger partial charge in [-0.3, -0.25) is 14.6 Å². The fourth-order valence-corrected chi connectivity index (χ4v) is 4.69. The Morgan fingerprint density at radius 1 is 1.03 bits per heavy atom. The highest BCUT2D eigenvalue weighted by molar-refractivity contribution is 6.05. The molecule has 1 spiro atoms. The monoisotopic (exact) mass is 441 g/mol. The molecule has 33 heavy (non-hydrogen) atoms. The molecule has 3 heterocycles. The van der Waals surface area contributed by atoms with E-state index in [1.807, 2.05) is 65.6 Å². The van der Waals surface area contributed by atoms with E-state index in [1.54, 1.807) is 11.1 Å². The Balaban J connectivity index is 1.37. The number of carbonyl (C=O) groups is 2. The van der Waals surface area contributed by atoms with Crippen LogP contribution in [0, 0.1) is 0 Å². The van der Waals surface area contributed by atoms with E-state index in [1.165, 1.54) is 5.56 Å². The van der Waals surface area contributed by atoms with Gasteiger partial charge in [-0.05, 0) is 23.4 Å². The average molecular weight is 442 g/mol. The second kappa shape index (κ2) is 9.16. The maximum Gasteiger partial charge on any atom is 0.273 e. The lowest BCUT2D eigenvalue weighted by Crippen LogP contribution is -2.61. The molecule has 0 aliphatic carbocycles. The molecule has 5 rings (SSSR count). The lowest BCUT2D eigenvalue weighted by molar-refractivity contribution is -0.166. The van der Waals surface area contributed by atoms with Gasteiger partial charge in [0.15, 0.2) is 5.60 Å². The molecular formula is C27H27N3O3. The Morgan fingerprint density at radius 3 is 2.73 bits per heavy atom. The first kappa shape index (κ1) is 21.3. The lowest BCUT2D eigenvalue weighted by atomic mass is 9.95. The van der Waals surface area contributed by atoms with Gasteiger partial charge in [0.25, 0.3) is 11.8 Å². The van der Waals surface area contributed by atoms with Crippen LogP contribution in [0.2, 0.25) is 0 Å². The zero-order valence-electron chi connectivity index (χ0n) is 18.5. The third kappa shape index (κ3) is 4.26. The van der Waals surface area contributed by atoms with Crippen LogP contribution in [-0.4, -0.2) is 65.0 Å². The van der Waals surface area contributed by atoms with E-state index in [0.717, 1.165) is 17.2 Å². The molecule has 0 N–H and O–H groups in total. The highest BCUT2D eigenvalue weighted by Crippen LogP contribution is 2.29. The van der Waals surface area contributed by atoms with Gasteiger partial charge in [-0.1, -0.05) is 66.7 Å². The van der Waals surface area contributed by atoms with Crippen LogP contribution < -0.4 is 0 Å². The minimum Gasteiger partial charge on any atom is -0.361 e. The molecule has 2 amide bonds. The second-order valence-corrected chi connectivity index (χ2v) is 8.61. The van der Waals surface area contributed by atoms with Crippen LogP contribution in [0.4, 0.5) is 0 Å². The predicted molar refractivity (Wildman–Crippen MR) is 127 cm³/mol. The molecule has 0 saturated carbocycles. The number of morpholine rings is 1. The van der Waals surface area contributed by atoms with E-state index >= 15 is 0 Å². The maximum absolute atomic E-state index is 13.7. The minimum atomic E-state index is -1.05. The molecule has 3 aromatic rings. The quantitative estimate of drug-likeness (QED) is 0.582. The third-order valence-electron chi connectivity index (χ3n) is 6.48. The molecule has 1 fully saturated rings. The van der Waals surface area contributed by atoms with E-state index < -0.39 is 5.60 Å². The Kier molecular flexibility index (Phi) is 5.92. The van der Waals surface area contributed by atoms with Gasteiger partial charge in [0.2, 0.25) is 0 Å². The summed E-state index contributed by atoms with van der Waals surface area (Å²) in [5.41, 5.74) is 0.556. The van der Waals surface area contributed by atoms with Crippen molar-refractivity contribution < 1.29 is 14.3 Å². The number of aromatic nitrogens is 1. The van der Waals surface area contributed by atoms with Crippen molar-refractivity contribution in [3.8, 4) is 0 Å². The molecule has 6 heteroatoms. The smallest absolute Gasteiger partial charge is 0.273 e. The largest absolute Gasteiger partial charge is 0.361 e. The molecule has 1 aromatic heterocycles. The van der Waals surface area contributed by atoms with E-state index in [9.17, 15) is 9.59 Å². The van der Waals surface area contributed by atoms with Crippen LogP contribution in [0.15, 0.2) is 79.0 Å². The highest BCUT2D eigenvalue weighted by Gasteiger charge is 2.47. The molecule has 1 atom stereocenters. The van der Waals surface area contributed by atoms with Gasteiger partial charge >= 0.3 is 0 Å². The Morgan fingerprint density at radius 2 is 1.85 bits per heavy atom. The van der Waals surface area contributed by atoms with Gasteiger partial charge in [-0.15, -0.1) is 0 Å². The zero-order chi connectivity index (χ0) is 22.7. The second-order valence-electron chi connectivity index (χ2n) is 8.61. The molecule has 0 radical (unpaired) electrons. The highest BCUT2D eigenvalue weighted by atomic mass is 16.5. The number of fused-ring (bicyclic) bond motifs is 1. The molecule has 0 unspecified atom stereocenters. The number of amides is 2. The van der Waals surface area contributed by atoms with Crippen molar-refractivity contribution in [2.24, 2.45) is 0 Å². The predicted octanol–water partition coefficient (Wildman–Crippen LogP) is 3.48. The molecule has 2 aliphatic rings. The van der Waals surface area contributed by atoms with Crippen molar-refractivity contribution in [3.05, 3.63) is 90.3 Å². The van der Waals surface area contributed by atoms with Crippen LogP contribution in [-0.2, 0) is 16.0 Å². The summed E-state index contributed by atoms with van der Waals surface area (Å²) in [6.07, 6.45) is 6.93. The van der Waals surface area contributed by atoms with Crippen molar-refractivity contribution >= 4 is 22.6 Å². The van der Waals surface area contributed by atoms with Crippen LogP contribution >= 0.6 is 0 Å². The Labute approximate surface area is 193 Å². The van der Waals surface area contributed by atoms with Gasteiger partial charge < -0.3 is 14.5 Å². The number of nitrogens with zero attached hydrogens (tertiary/aromatic N) is 3. The van der Waals surface area contributed by atoms with Crippen molar-refractivity contribution in [1.82, 2.24) is 14.8 Å². The van der Waals surface area contributed by atoms with Crippen molar-refractivity contribution in [2.75, 3.05) is 32.8 Å². The summed E-state index contributed by atoms with van der Waals surface area (Å²) >= 11 is 0. The summed E-state index contributed by atoms with van der Waals surface area (Å²) in [5, 5.41) is 1.79. The first-order valence-electron chi connectivity index (χ1n) is 11.4. The van der Waals surface area contributed by atoms with E-state index in [-0.39, 0.29) is 18.4 Å². The van der Waals surface area contributed by atoms with E-state index in [0.29, 0.717) is 38.4 Å². The van der Waals surface area contributed by atoms with Crippen molar-refractivity contribution in [2.45, 2.75) is 18.4 Å². The summed E-state index contributed by atoms with van der Waals surface area (Å²) in [4.78, 5) is 35.1. The molecule has 0 bridgehead atoms. The van der Waals surface area contributed by atoms with Crippen LogP contribution in [0.3, 0.4) is 0 Å². The molecule has 6 nitrogen and oxygen atoms in total. The number of ether oxygens (including phenoxy) is 1. The van der Waals surface area contributed by atoms with Crippen LogP contribution in [0.5, 0.6) is 0 Å². The summed E-state index contributed by atoms with van der Waals surface area (Å²) in [6, 6.07) is 19.8. The summed E-state index contributed by atoms with van der Waals surface area (Å²) in [5.74, 6) is -0.210. The zero-order valence-corrected chi connectivity index (χ0v) is 18.5. The van der Waals surface area contributed by atoms with Crippen molar-refractivity contribution in [1.29, 1.82) is 0 Å². The number of carbonyl (C=O) groups excluding carboxylic acids is 2. The fourth-order valence-electron chi connectivity index (χ4n) is 4.69. The number of rotatable bonds is 4. The first-order valence-corrected chi connectivity index (χ1v) is 11.4. The summed E-state index contributed by atoms with van der Waals surface area (Å²) in [6.45, 7) is 2.14. The number of pyridine rings is 1. The first-order chi connectivity index (χ1) is 16.2. The average Bonchev–Trinajstić information content (AvgIpc) is 3.01. The number of benzene rings is 2. The fraction of sp³-hybridized carbons (Fsp3) is 0.296. The minimum absolute atomic E-state index is 0.0492. The Hall–Kier alpha value is -3.51. The summed E-state index contributed by atoms with van der Waals surface area (Å²) < 4.78 is 6.13. The molecule has 168 valence electrons. The molecule has 2 aromatic carbocycles. The van der Waals surface area contributed by atoms with Crippen LogP contribution in [0.25, 0.3) is 10.8 Å². The summed E-state index contributed by atoms with van der Waals surface area (Å²) in [7, 11) is 0. The maximum atomic E-state index is 13.7. The number of hydrogen-bond donors (Lipinski definition) is 0. The number of hydrogen-bond acceptors (Lipinski definition) is 4. The van der Waals surface area contributed by atoms with Gasteiger partial charge in [0.1, 0.15) is 5.69 Å². The molecule has 2 aliphatic heterocycles. The standard InChI is InChI=1S/C27H27N3O3/c31-25(24-23-11-5-4-10-22(23)12-15-28-24)30-18-19-33-27(20-30)14-6-7-16-29(26(27)32)17-13-21-8-2-1-3-9-21/h1-12,15H,13-14,16-20H2/t27-/m0/s1. The third-order valence-corrected chi connectivity index (χ3v) is 6.48. The van der Waals surface area contributed by atoms with E-state index in [4.69, 9.17) is 4.74 Å². The van der Waals surface area contributed by atoms with Gasteiger partial charge in [-0.25, -0.2) is 0 Å². The van der Waals surface area contributed by atoms with Gasteiger partial charge in [0.05, 0.1) is 13.2 Å². The normalized spacial score (nSPS) is 20.9. The lowest BCUT2D eigenvalue weighted by Gasteiger charge is -2.42. The molecule has 1 saturated heterocycles. The topological polar surface area (TPSA) is 62.7 Å².